The van der Waals surface area contributed by atoms with Crippen molar-refractivity contribution in [3.05, 3.63) is 29.3 Å². The van der Waals surface area contributed by atoms with Crippen molar-refractivity contribution in [1.82, 2.24) is 9.80 Å². The van der Waals surface area contributed by atoms with E-state index in [0.717, 1.165) is 63.4 Å². The van der Waals surface area contributed by atoms with Gasteiger partial charge in [0.15, 0.2) is 0 Å². The lowest BCUT2D eigenvalue weighted by molar-refractivity contribution is 0.0642. The van der Waals surface area contributed by atoms with E-state index in [2.05, 4.69) is 23.2 Å². The summed E-state index contributed by atoms with van der Waals surface area (Å²) in [4.78, 5) is 17.2. The molecule has 0 radical (unpaired) electrons. The number of benzene rings is 1. The van der Waals surface area contributed by atoms with Gasteiger partial charge in [0.2, 0.25) is 0 Å². The molecule has 20 heavy (non-hydrogen) atoms. The van der Waals surface area contributed by atoms with Gasteiger partial charge in [0, 0.05) is 44.0 Å². The average molecular weight is 273 g/mol. The first-order valence-electron chi connectivity index (χ1n) is 7.67. The first kappa shape index (κ1) is 13.4. The molecule has 108 valence electrons. The largest absolute Gasteiger partial charge is 0.385 e. The summed E-state index contributed by atoms with van der Waals surface area (Å²) in [6, 6.07) is 6.06. The van der Waals surface area contributed by atoms with E-state index in [9.17, 15) is 4.79 Å². The fraction of sp³-hybridized carbons (Fsp3) is 0.562. The highest BCUT2D eigenvalue weighted by Gasteiger charge is 2.24. The lowest BCUT2D eigenvalue weighted by Crippen LogP contribution is -2.48. The Morgan fingerprint density at radius 1 is 1.25 bits per heavy atom. The van der Waals surface area contributed by atoms with E-state index in [4.69, 9.17) is 0 Å². The Hall–Kier alpha value is -1.55. The SMILES string of the molecule is CCN1CCN(C(=O)c2cccc3c2CCCN3)CC1. The highest BCUT2D eigenvalue weighted by atomic mass is 16.2. The summed E-state index contributed by atoms with van der Waals surface area (Å²) in [5.74, 6) is 0.210. The number of hydrogen-bond donors (Lipinski definition) is 1. The molecule has 0 aromatic heterocycles. The Bertz CT molecular complexity index is 492. The van der Waals surface area contributed by atoms with Crippen molar-refractivity contribution in [2.75, 3.05) is 44.6 Å². The van der Waals surface area contributed by atoms with Gasteiger partial charge in [-0.25, -0.2) is 0 Å². The van der Waals surface area contributed by atoms with Gasteiger partial charge in [-0.05, 0) is 37.1 Å². The molecule has 0 aliphatic carbocycles. The van der Waals surface area contributed by atoms with Gasteiger partial charge in [-0.3, -0.25) is 4.79 Å². The van der Waals surface area contributed by atoms with Crippen LogP contribution in [-0.2, 0) is 6.42 Å². The van der Waals surface area contributed by atoms with E-state index in [1.165, 1.54) is 5.56 Å². The molecule has 2 aliphatic rings. The van der Waals surface area contributed by atoms with Crippen molar-refractivity contribution >= 4 is 11.6 Å². The lowest BCUT2D eigenvalue weighted by Gasteiger charge is -2.34. The van der Waals surface area contributed by atoms with Crippen molar-refractivity contribution in [2.45, 2.75) is 19.8 Å². The van der Waals surface area contributed by atoms with Crippen LogP contribution >= 0.6 is 0 Å². The summed E-state index contributed by atoms with van der Waals surface area (Å²) in [6.07, 6.45) is 2.13. The zero-order valence-electron chi connectivity index (χ0n) is 12.2. The van der Waals surface area contributed by atoms with Crippen molar-refractivity contribution in [1.29, 1.82) is 0 Å². The Balaban J connectivity index is 1.78. The molecule has 3 rings (SSSR count). The molecule has 0 saturated carbocycles. The second-order valence-electron chi connectivity index (χ2n) is 5.59. The van der Waals surface area contributed by atoms with Crippen LogP contribution in [0.15, 0.2) is 18.2 Å². The maximum Gasteiger partial charge on any atom is 0.254 e. The van der Waals surface area contributed by atoms with E-state index >= 15 is 0 Å². The highest BCUT2D eigenvalue weighted by Crippen LogP contribution is 2.26. The third-order valence-electron chi connectivity index (χ3n) is 4.43. The molecule has 1 saturated heterocycles. The van der Waals surface area contributed by atoms with Gasteiger partial charge in [-0.1, -0.05) is 13.0 Å². The lowest BCUT2D eigenvalue weighted by atomic mass is 9.96. The van der Waals surface area contributed by atoms with Gasteiger partial charge in [0.05, 0.1) is 0 Å². The summed E-state index contributed by atoms with van der Waals surface area (Å²) in [5, 5.41) is 3.40. The predicted octanol–water partition coefficient (Wildman–Crippen LogP) is 1.82. The second kappa shape index (κ2) is 5.83. The van der Waals surface area contributed by atoms with Crippen LogP contribution in [0.3, 0.4) is 0 Å². The van der Waals surface area contributed by atoms with Crippen LogP contribution in [0, 0.1) is 0 Å². The molecule has 2 aliphatic heterocycles. The highest BCUT2D eigenvalue weighted by molar-refractivity contribution is 5.97. The number of nitrogens with one attached hydrogen (secondary N) is 1. The van der Waals surface area contributed by atoms with Crippen LogP contribution in [0.5, 0.6) is 0 Å². The van der Waals surface area contributed by atoms with Crippen molar-refractivity contribution in [3.63, 3.8) is 0 Å². The maximum absolute atomic E-state index is 12.7. The van der Waals surface area contributed by atoms with Crippen LogP contribution in [0.4, 0.5) is 5.69 Å². The minimum absolute atomic E-state index is 0.210. The summed E-state index contributed by atoms with van der Waals surface area (Å²) in [5.41, 5.74) is 3.26. The van der Waals surface area contributed by atoms with E-state index in [-0.39, 0.29) is 5.91 Å². The second-order valence-corrected chi connectivity index (χ2v) is 5.59. The van der Waals surface area contributed by atoms with Gasteiger partial charge in [-0.15, -0.1) is 0 Å². The molecule has 4 nitrogen and oxygen atoms in total. The number of piperazine rings is 1. The third kappa shape index (κ3) is 2.52. The van der Waals surface area contributed by atoms with E-state index < -0.39 is 0 Å². The number of amides is 1. The number of carbonyl (C=O) groups is 1. The predicted molar refractivity (Wildman–Crippen MR) is 81.3 cm³/mol. The molecule has 0 spiro atoms. The maximum atomic E-state index is 12.7. The van der Waals surface area contributed by atoms with Crippen LogP contribution in [0.2, 0.25) is 0 Å². The number of likely N-dealkylation sites (N-methyl/N-ethyl adjacent to an activating group) is 1. The van der Waals surface area contributed by atoms with Crippen molar-refractivity contribution in [2.24, 2.45) is 0 Å². The molecule has 0 unspecified atom stereocenters. The van der Waals surface area contributed by atoms with Gasteiger partial charge < -0.3 is 15.1 Å². The molecule has 1 fully saturated rings. The topological polar surface area (TPSA) is 35.6 Å². The Morgan fingerprint density at radius 3 is 2.80 bits per heavy atom. The number of rotatable bonds is 2. The first-order chi connectivity index (χ1) is 9.79. The molecular formula is C16H23N3O. The zero-order valence-corrected chi connectivity index (χ0v) is 12.2. The fourth-order valence-electron chi connectivity index (χ4n) is 3.15. The molecule has 0 atom stereocenters. The molecule has 2 heterocycles. The number of hydrogen-bond acceptors (Lipinski definition) is 3. The van der Waals surface area contributed by atoms with Gasteiger partial charge in [0.1, 0.15) is 0 Å². The van der Waals surface area contributed by atoms with E-state index in [1.807, 2.05) is 17.0 Å². The summed E-state index contributed by atoms with van der Waals surface area (Å²) in [6.45, 7) is 7.96. The van der Waals surface area contributed by atoms with Crippen molar-refractivity contribution in [3.8, 4) is 0 Å². The van der Waals surface area contributed by atoms with Crippen molar-refractivity contribution < 1.29 is 4.79 Å². The van der Waals surface area contributed by atoms with Gasteiger partial charge in [0.25, 0.3) is 5.91 Å². The molecule has 0 bridgehead atoms. The molecular weight excluding hydrogens is 250 g/mol. The number of carbonyl (C=O) groups excluding carboxylic acids is 1. The number of nitrogens with zero attached hydrogens (tertiary/aromatic N) is 2. The first-order valence-corrected chi connectivity index (χ1v) is 7.67. The molecule has 1 amide bonds. The van der Waals surface area contributed by atoms with Crippen LogP contribution in [-0.4, -0.2) is 55.0 Å². The summed E-state index contributed by atoms with van der Waals surface area (Å²) < 4.78 is 0. The Morgan fingerprint density at radius 2 is 2.05 bits per heavy atom. The molecule has 1 aromatic carbocycles. The van der Waals surface area contributed by atoms with E-state index in [0.29, 0.717) is 0 Å². The normalized spacial score (nSPS) is 19.4. The minimum Gasteiger partial charge on any atom is -0.385 e. The smallest absolute Gasteiger partial charge is 0.254 e. The minimum atomic E-state index is 0.210. The summed E-state index contributed by atoms with van der Waals surface area (Å²) in [7, 11) is 0. The monoisotopic (exact) mass is 273 g/mol. The molecule has 4 heteroatoms. The third-order valence-corrected chi connectivity index (χ3v) is 4.43. The average Bonchev–Trinajstić information content (AvgIpc) is 2.54. The number of anilines is 1. The number of fused-ring (bicyclic) bond motifs is 1. The standard InChI is InChI=1S/C16H23N3O/c1-2-18-9-11-19(12-10-18)16(20)14-5-3-7-15-13(14)6-4-8-17-15/h3,5,7,17H,2,4,6,8-12H2,1H3. The summed E-state index contributed by atoms with van der Waals surface area (Å²) >= 11 is 0. The molecule has 1 N–H and O–H groups in total. The van der Waals surface area contributed by atoms with Gasteiger partial charge >= 0.3 is 0 Å². The van der Waals surface area contributed by atoms with Crippen LogP contribution in [0.25, 0.3) is 0 Å². The molecule has 1 aromatic rings. The van der Waals surface area contributed by atoms with Gasteiger partial charge in [-0.2, -0.15) is 0 Å². The van der Waals surface area contributed by atoms with E-state index in [1.54, 1.807) is 0 Å². The zero-order chi connectivity index (χ0) is 13.9. The quantitative estimate of drug-likeness (QED) is 0.893. The Kier molecular flexibility index (Phi) is 3.92. The fourth-order valence-corrected chi connectivity index (χ4v) is 3.15. The Labute approximate surface area is 120 Å². The van der Waals surface area contributed by atoms with Crippen LogP contribution < -0.4 is 5.32 Å². The van der Waals surface area contributed by atoms with Crippen LogP contribution in [0.1, 0.15) is 29.3 Å².